The monoisotopic (exact) mass is 734 g/mol. The molecular formula is C40H71N5O7. The van der Waals surface area contributed by atoms with Crippen LogP contribution in [0, 0.1) is 17.8 Å². The average Bonchev–Trinajstić information content (AvgIpc) is 3.60. The van der Waals surface area contributed by atoms with Crippen molar-refractivity contribution in [2.45, 2.75) is 130 Å². The summed E-state index contributed by atoms with van der Waals surface area (Å²) in [4.78, 5) is 58.9. The maximum absolute atomic E-state index is 14.0. The summed E-state index contributed by atoms with van der Waals surface area (Å²) < 4.78 is 11.8. The molecule has 0 aliphatic carbocycles. The molecule has 12 heteroatoms. The smallest absolute Gasteiger partial charge is 0.242 e. The molecule has 1 aromatic rings. The van der Waals surface area contributed by atoms with E-state index in [-0.39, 0.29) is 60.5 Å². The Hall–Kier alpha value is -3.06. The molecule has 1 fully saturated rings. The predicted octanol–water partition coefficient (Wildman–Crippen LogP) is 4.26. The lowest BCUT2D eigenvalue weighted by Crippen LogP contribution is -2.55. The molecule has 52 heavy (non-hydrogen) atoms. The van der Waals surface area contributed by atoms with Gasteiger partial charge in [0.1, 0.15) is 0 Å². The number of amides is 4. The molecule has 0 bridgehead atoms. The molecule has 4 amide bonds. The molecule has 9 atom stereocenters. The van der Waals surface area contributed by atoms with Gasteiger partial charge in [-0.15, -0.1) is 0 Å². The standard InChI is InChI=1S/C37H63N5O7.C3H8/c1-12-24(4)33(41(9)31(44)22-38-37(47)32(23(2)3)40(7)8)29(48-10)21-30(43)42-20-16-19-28(42)35(49-11)25(5)36(46)39-26(6)34(45)27-17-14-13-15-18-27;1-3-2/h13-15,17-18,23-26,28-29,32-35,45H,12,16,19-22H2,1-11H3,(H,38,47)(H,39,46);3H2,1-2H3. The van der Waals surface area contributed by atoms with E-state index in [0.29, 0.717) is 18.5 Å². The lowest BCUT2D eigenvalue weighted by Gasteiger charge is -2.39. The Morgan fingerprint density at radius 1 is 0.942 bits per heavy atom. The fourth-order valence-electron chi connectivity index (χ4n) is 7.22. The van der Waals surface area contributed by atoms with Crippen LogP contribution >= 0.6 is 0 Å². The van der Waals surface area contributed by atoms with Crippen LogP contribution < -0.4 is 10.6 Å². The molecule has 1 aromatic carbocycles. The molecule has 0 radical (unpaired) electrons. The number of carbonyl (C=O) groups is 4. The van der Waals surface area contributed by atoms with Crippen molar-refractivity contribution in [3.8, 4) is 0 Å². The minimum Gasteiger partial charge on any atom is -0.386 e. The summed E-state index contributed by atoms with van der Waals surface area (Å²) in [5.41, 5.74) is 0.711. The number of nitrogens with one attached hydrogen (secondary N) is 2. The molecule has 12 nitrogen and oxygen atoms in total. The highest BCUT2D eigenvalue weighted by Gasteiger charge is 2.42. The minimum absolute atomic E-state index is 0.00522. The van der Waals surface area contributed by atoms with Crippen LogP contribution in [0.1, 0.15) is 99.2 Å². The van der Waals surface area contributed by atoms with Crippen molar-refractivity contribution in [2.24, 2.45) is 17.8 Å². The van der Waals surface area contributed by atoms with Crippen LogP contribution in [0.3, 0.4) is 0 Å². The number of aliphatic hydroxyl groups is 1. The van der Waals surface area contributed by atoms with Gasteiger partial charge in [-0.3, -0.25) is 24.1 Å². The fourth-order valence-corrected chi connectivity index (χ4v) is 7.22. The molecule has 3 N–H and O–H groups in total. The molecule has 2 rings (SSSR count). The van der Waals surface area contributed by atoms with Gasteiger partial charge in [-0.1, -0.05) is 91.6 Å². The van der Waals surface area contributed by atoms with Crippen LogP contribution in [0.15, 0.2) is 30.3 Å². The Morgan fingerprint density at radius 2 is 1.54 bits per heavy atom. The Kier molecular flexibility index (Phi) is 21.3. The Bertz CT molecular complexity index is 1210. The van der Waals surface area contributed by atoms with Crippen LogP contribution in [-0.4, -0.2) is 128 Å². The van der Waals surface area contributed by atoms with Gasteiger partial charge >= 0.3 is 0 Å². The van der Waals surface area contributed by atoms with Crippen LogP contribution in [0.25, 0.3) is 0 Å². The van der Waals surface area contributed by atoms with E-state index in [1.807, 2.05) is 77.0 Å². The molecule has 0 aromatic heterocycles. The fraction of sp³-hybridized carbons (Fsp3) is 0.750. The summed E-state index contributed by atoms with van der Waals surface area (Å²) in [6.07, 6.45) is 1.45. The number of nitrogens with zero attached hydrogens (tertiary/aromatic N) is 3. The molecule has 0 spiro atoms. The molecule has 1 saturated heterocycles. The van der Waals surface area contributed by atoms with E-state index in [4.69, 9.17) is 9.47 Å². The molecular weight excluding hydrogens is 662 g/mol. The van der Waals surface area contributed by atoms with E-state index >= 15 is 0 Å². The van der Waals surface area contributed by atoms with Crippen molar-refractivity contribution < 1.29 is 33.8 Å². The van der Waals surface area contributed by atoms with E-state index in [9.17, 15) is 24.3 Å². The number of hydrogen-bond acceptors (Lipinski definition) is 8. The van der Waals surface area contributed by atoms with Crippen molar-refractivity contribution in [2.75, 3.05) is 48.5 Å². The number of methoxy groups -OCH3 is 2. The summed E-state index contributed by atoms with van der Waals surface area (Å²) in [7, 11) is 8.48. The zero-order chi connectivity index (χ0) is 39.7. The van der Waals surface area contributed by atoms with Crippen molar-refractivity contribution in [3.63, 3.8) is 0 Å². The Balaban J connectivity index is 0.00000434. The summed E-state index contributed by atoms with van der Waals surface area (Å²) >= 11 is 0. The van der Waals surface area contributed by atoms with Gasteiger partial charge in [0.25, 0.3) is 0 Å². The first-order chi connectivity index (χ1) is 24.5. The van der Waals surface area contributed by atoms with Gasteiger partial charge < -0.3 is 35.0 Å². The van der Waals surface area contributed by atoms with E-state index in [0.717, 1.165) is 12.8 Å². The second-order valence-electron chi connectivity index (χ2n) is 14.9. The lowest BCUT2D eigenvalue weighted by atomic mass is 9.90. The van der Waals surface area contributed by atoms with Crippen molar-refractivity contribution in [1.29, 1.82) is 0 Å². The highest BCUT2D eigenvalue weighted by molar-refractivity contribution is 5.87. The maximum Gasteiger partial charge on any atom is 0.242 e. The number of hydrogen-bond donors (Lipinski definition) is 3. The van der Waals surface area contributed by atoms with E-state index < -0.39 is 36.3 Å². The van der Waals surface area contributed by atoms with Crippen LogP contribution in [0.5, 0.6) is 0 Å². The molecule has 1 aliphatic heterocycles. The third kappa shape index (κ3) is 13.4. The van der Waals surface area contributed by atoms with E-state index in [2.05, 4.69) is 24.5 Å². The zero-order valence-electron chi connectivity index (χ0n) is 34.3. The summed E-state index contributed by atoms with van der Waals surface area (Å²) in [5.74, 6) is -1.40. The Labute approximate surface area is 314 Å². The highest BCUT2D eigenvalue weighted by atomic mass is 16.5. The van der Waals surface area contributed by atoms with E-state index in [1.54, 1.807) is 44.9 Å². The second kappa shape index (κ2) is 23.6. The molecule has 1 heterocycles. The van der Waals surface area contributed by atoms with Gasteiger partial charge in [-0.05, 0) is 51.3 Å². The van der Waals surface area contributed by atoms with Gasteiger partial charge in [0.15, 0.2) is 0 Å². The third-order valence-electron chi connectivity index (χ3n) is 10.2. The summed E-state index contributed by atoms with van der Waals surface area (Å²) in [6, 6.07) is 7.54. The largest absolute Gasteiger partial charge is 0.386 e. The molecule has 9 unspecified atom stereocenters. The lowest BCUT2D eigenvalue weighted by molar-refractivity contribution is -0.146. The van der Waals surface area contributed by atoms with Crippen molar-refractivity contribution in [1.82, 2.24) is 25.3 Å². The zero-order valence-corrected chi connectivity index (χ0v) is 34.3. The molecule has 0 saturated carbocycles. The van der Waals surface area contributed by atoms with Gasteiger partial charge in [-0.2, -0.15) is 0 Å². The maximum atomic E-state index is 14.0. The average molecular weight is 734 g/mol. The number of ether oxygens (including phenoxy) is 2. The number of likely N-dealkylation sites (tertiary alicyclic amines) is 1. The van der Waals surface area contributed by atoms with Gasteiger partial charge in [0, 0.05) is 27.8 Å². The Morgan fingerprint density at radius 3 is 2.04 bits per heavy atom. The SMILES string of the molecule is CCC.CCC(C)C(C(CC(=O)N1CCCC1C(OC)C(C)C(=O)NC(C)C(O)c1ccccc1)OC)N(C)C(=O)CNC(=O)C(C(C)C)N(C)C. The number of benzene rings is 1. The minimum atomic E-state index is -0.872. The van der Waals surface area contributed by atoms with Crippen LogP contribution in [0.4, 0.5) is 0 Å². The van der Waals surface area contributed by atoms with Crippen LogP contribution in [-0.2, 0) is 28.7 Å². The topological polar surface area (TPSA) is 141 Å². The normalized spacial score (nSPS) is 19.0. The second-order valence-corrected chi connectivity index (χ2v) is 14.9. The van der Waals surface area contributed by atoms with E-state index in [1.165, 1.54) is 6.42 Å². The number of rotatable bonds is 19. The molecule has 298 valence electrons. The van der Waals surface area contributed by atoms with Gasteiger partial charge in [-0.25, -0.2) is 0 Å². The third-order valence-corrected chi connectivity index (χ3v) is 10.2. The first-order valence-electron chi connectivity index (χ1n) is 19.1. The van der Waals surface area contributed by atoms with Crippen molar-refractivity contribution >= 4 is 23.6 Å². The van der Waals surface area contributed by atoms with Gasteiger partial charge in [0.2, 0.25) is 23.6 Å². The predicted molar refractivity (Wildman–Crippen MR) is 206 cm³/mol. The van der Waals surface area contributed by atoms with Crippen molar-refractivity contribution in [3.05, 3.63) is 35.9 Å². The number of aliphatic hydroxyl groups excluding tert-OH is 1. The molecule has 1 aliphatic rings. The first-order valence-corrected chi connectivity index (χ1v) is 19.1. The summed E-state index contributed by atoms with van der Waals surface area (Å²) in [6.45, 7) is 16.1. The number of carbonyl (C=O) groups excluding carboxylic acids is 4. The van der Waals surface area contributed by atoms with Gasteiger partial charge in [0.05, 0.1) is 61.4 Å². The first kappa shape index (κ1) is 47.0. The summed E-state index contributed by atoms with van der Waals surface area (Å²) in [5, 5.41) is 16.5. The highest BCUT2D eigenvalue weighted by Crippen LogP contribution is 2.29. The number of likely N-dealkylation sites (N-methyl/N-ethyl adjacent to an activating group) is 2. The van der Waals surface area contributed by atoms with Crippen LogP contribution in [0.2, 0.25) is 0 Å². The quantitative estimate of drug-likeness (QED) is 0.192.